The molecule has 2 rings (SSSR count). The minimum Gasteiger partial charge on any atom is -0.364 e. The van der Waals surface area contributed by atoms with Gasteiger partial charge in [0.25, 0.3) is 5.91 Å². The van der Waals surface area contributed by atoms with E-state index in [1.165, 1.54) is 11.3 Å². The minimum atomic E-state index is -0.532. The number of primary amides is 1. The Morgan fingerprint density at radius 3 is 2.94 bits per heavy atom. The molecule has 1 heterocycles. The van der Waals surface area contributed by atoms with Crippen molar-refractivity contribution in [2.45, 2.75) is 0 Å². The maximum Gasteiger partial charge on any atom is 0.268 e. The summed E-state index contributed by atoms with van der Waals surface area (Å²) in [6.45, 7) is 0. The molecule has 0 bridgehead atoms. The molecule has 0 aliphatic heterocycles. The van der Waals surface area contributed by atoms with Crippen molar-refractivity contribution in [1.82, 2.24) is 4.98 Å². The van der Waals surface area contributed by atoms with Gasteiger partial charge in [-0.25, -0.2) is 4.98 Å². The molecule has 0 aliphatic rings. The van der Waals surface area contributed by atoms with E-state index < -0.39 is 5.91 Å². The zero-order valence-electron chi connectivity index (χ0n) is 8.11. The fraction of sp³-hybridized carbons (Fsp3) is 0. The highest BCUT2D eigenvalue weighted by atomic mass is 35.5. The summed E-state index contributed by atoms with van der Waals surface area (Å²) in [5, 5.41) is 5.88. The van der Waals surface area contributed by atoms with Crippen molar-refractivity contribution in [3.63, 3.8) is 0 Å². The van der Waals surface area contributed by atoms with Crippen LogP contribution in [0, 0.1) is 0 Å². The van der Waals surface area contributed by atoms with Gasteiger partial charge in [0.2, 0.25) is 0 Å². The van der Waals surface area contributed by atoms with Crippen LogP contribution in [-0.2, 0) is 0 Å². The molecular formula is C10H8ClN3OS. The number of carbonyl (C=O) groups is 1. The van der Waals surface area contributed by atoms with Crippen LogP contribution in [0.2, 0.25) is 5.02 Å². The molecule has 82 valence electrons. The van der Waals surface area contributed by atoms with E-state index >= 15 is 0 Å². The highest BCUT2D eigenvalue weighted by Gasteiger charge is 2.06. The summed E-state index contributed by atoms with van der Waals surface area (Å²) in [7, 11) is 0. The number of hydrogen-bond donors (Lipinski definition) is 2. The van der Waals surface area contributed by atoms with Crippen LogP contribution in [-0.4, -0.2) is 10.9 Å². The molecule has 0 atom stereocenters. The van der Waals surface area contributed by atoms with Crippen molar-refractivity contribution in [2.24, 2.45) is 5.73 Å². The molecule has 16 heavy (non-hydrogen) atoms. The molecule has 1 amide bonds. The zero-order valence-corrected chi connectivity index (χ0v) is 9.68. The smallest absolute Gasteiger partial charge is 0.268 e. The van der Waals surface area contributed by atoms with Gasteiger partial charge < -0.3 is 11.1 Å². The first kappa shape index (κ1) is 10.9. The Morgan fingerprint density at radius 2 is 2.31 bits per heavy atom. The van der Waals surface area contributed by atoms with E-state index in [1.54, 1.807) is 17.5 Å². The molecule has 3 N–H and O–H groups in total. The van der Waals surface area contributed by atoms with Gasteiger partial charge in [0, 0.05) is 16.1 Å². The first-order chi connectivity index (χ1) is 7.65. The molecule has 1 aromatic heterocycles. The average molecular weight is 254 g/mol. The molecule has 0 spiro atoms. The normalized spacial score (nSPS) is 10.1. The number of nitrogens with two attached hydrogens (primary N) is 1. The Morgan fingerprint density at radius 1 is 1.50 bits per heavy atom. The molecule has 0 saturated heterocycles. The Bertz CT molecular complexity index is 526. The lowest BCUT2D eigenvalue weighted by molar-refractivity contribution is 0.0996. The van der Waals surface area contributed by atoms with Crippen molar-refractivity contribution < 1.29 is 4.79 Å². The number of carbonyl (C=O) groups excluding carboxylic acids is 1. The highest BCUT2D eigenvalue weighted by molar-refractivity contribution is 7.14. The molecule has 0 aliphatic carbocycles. The molecule has 0 fully saturated rings. The van der Waals surface area contributed by atoms with E-state index in [-0.39, 0.29) is 5.69 Å². The summed E-state index contributed by atoms with van der Waals surface area (Å²) in [4.78, 5) is 14.9. The number of benzene rings is 1. The van der Waals surface area contributed by atoms with Crippen molar-refractivity contribution in [3.05, 3.63) is 40.4 Å². The summed E-state index contributed by atoms with van der Waals surface area (Å²) in [5.74, 6) is -0.532. The van der Waals surface area contributed by atoms with Crippen molar-refractivity contribution in [2.75, 3.05) is 5.32 Å². The summed E-state index contributed by atoms with van der Waals surface area (Å²) >= 11 is 7.15. The van der Waals surface area contributed by atoms with Gasteiger partial charge in [0.05, 0.1) is 0 Å². The largest absolute Gasteiger partial charge is 0.364 e. The number of anilines is 2. The van der Waals surface area contributed by atoms with E-state index in [0.717, 1.165) is 5.69 Å². The lowest BCUT2D eigenvalue weighted by Crippen LogP contribution is -2.11. The Kier molecular flexibility index (Phi) is 3.07. The van der Waals surface area contributed by atoms with Crippen LogP contribution >= 0.6 is 22.9 Å². The third kappa shape index (κ3) is 2.50. The number of halogens is 1. The molecule has 0 unspecified atom stereocenters. The standard InChI is InChI=1S/C10H8ClN3OS/c11-6-2-1-3-7(4-6)13-10-14-8(5-16-10)9(12)15/h1-5H,(H2,12,15)(H,13,14). The topological polar surface area (TPSA) is 68.0 Å². The number of rotatable bonds is 3. The minimum absolute atomic E-state index is 0.259. The highest BCUT2D eigenvalue weighted by Crippen LogP contribution is 2.22. The van der Waals surface area contributed by atoms with Gasteiger partial charge in [-0.3, -0.25) is 4.79 Å². The maximum atomic E-state index is 10.8. The van der Waals surface area contributed by atoms with Gasteiger partial charge in [0.1, 0.15) is 5.69 Å². The number of nitrogens with one attached hydrogen (secondary N) is 1. The van der Waals surface area contributed by atoms with Gasteiger partial charge >= 0.3 is 0 Å². The molecule has 0 saturated carbocycles. The molecule has 4 nitrogen and oxygen atoms in total. The van der Waals surface area contributed by atoms with Crippen LogP contribution in [0.15, 0.2) is 29.6 Å². The van der Waals surface area contributed by atoms with Gasteiger partial charge in [-0.05, 0) is 18.2 Å². The Balaban J connectivity index is 2.17. The second kappa shape index (κ2) is 4.51. The third-order valence-corrected chi connectivity index (χ3v) is 2.83. The predicted molar refractivity (Wildman–Crippen MR) is 65.4 cm³/mol. The Labute approximate surface area is 101 Å². The first-order valence-corrected chi connectivity index (χ1v) is 5.69. The van der Waals surface area contributed by atoms with Crippen LogP contribution in [0.4, 0.5) is 10.8 Å². The third-order valence-electron chi connectivity index (χ3n) is 1.83. The second-order valence-electron chi connectivity index (χ2n) is 3.04. The van der Waals surface area contributed by atoms with E-state index in [4.69, 9.17) is 17.3 Å². The number of nitrogens with zero attached hydrogens (tertiary/aromatic N) is 1. The summed E-state index contributed by atoms with van der Waals surface area (Å²) in [5.41, 5.74) is 6.18. The van der Waals surface area contributed by atoms with Crippen LogP contribution in [0.3, 0.4) is 0 Å². The van der Waals surface area contributed by atoms with Crippen LogP contribution in [0.1, 0.15) is 10.5 Å². The quantitative estimate of drug-likeness (QED) is 0.884. The SMILES string of the molecule is NC(=O)c1csc(Nc2cccc(Cl)c2)n1. The van der Waals surface area contributed by atoms with Gasteiger partial charge in [-0.1, -0.05) is 17.7 Å². The number of amides is 1. The van der Waals surface area contributed by atoms with Crippen LogP contribution in [0.5, 0.6) is 0 Å². The van der Waals surface area contributed by atoms with Gasteiger partial charge in [-0.2, -0.15) is 0 Å². The lowest BCUT2D eigenvalue weighted by atomic mass is 10.3. The van der Waals surface area contributed by atoms with Crippen molar-refractivity contribution in [3.8, 4) is 0 Å². The molecule has 2 aromatic rings. The maximum absolute atomic E-state index is 10.8. The molecule has 6 heteroatoms. The van der Waals surface area contributed by atoms with E-state index in [0.29, 0.717) is 10.2 Å². The van der Waals surface area contributed by atoms with Crippen LogP contribution in [0.25, 0.3) is 0 Å². The monoisotopic (exact) mass is 253 g/mol. The summed E-state index contributed by atoms with van der Waals surface area (Å²) in [6, 6.07) is 7.24. The molecule has 0 radical (unpaired) electrons. The fourth-order valence-corrected chi connectivity index (χ4v) is 2.04. The fourth-order valence-electron chi connectivity index (χ4n) is 1.13. The zero-order chi connectivity index (χ0) is 11.5. The average Bonchev–Trinajstić information content (AvgIpc) is 2.66. The van der Waals surface area contributed by atoms with Crippen molar-refractivity contribution >= 4 is 39.7 Å². The van der Waals surface area contributed by atoms with Gasteiger partial charge in [-0.15, -0.1) is 11.3 Å². The first-order valence-electron chi connectivity index (χ1n) is 4.43. The molecule has 1 aromatic carbocycles. The second-order valence-corrected chi connectivity index (χ2v) is 4.33. The van der Waals surface area contributed by atoms with Gasteiger partial charge in [0.15, 0.2) is 5.13 Å². The molecular weight excluding hydrogens is 246 g/mol. The van der Waals surface area contributed by atoms with E-state index in [9.17, 15) is 4.79 Å². The number of hydrogen-bond acceptors (Lipinski definition) is 4. The predicted octanol–water partition coefficient (Wildman–Crippen LogP) is 2.64. The van der Waals surface area contributed by atoms with Crippen LogP contribution < -0.4 is 11.1 Å². The van der Waals surface area contributed by atoms with Crippen molar-refractivity contribution in [1.29, 1.82) is 0 Å². The number of thiazole rings is 1. The summed E-state index contributed by atoms with van der Waals surface area (Å²) < 4.78 is 0. The van der Waals surface area contributed by atoms with E-state index in [2.05, 4.69) is 10.3 Å². The lowest BCUT2D eigenvalue weighted by Gasteiger charge is -2.01. The Hall–Kier alpha value is -1.59. The number of aromatic nitrogens is 1. The van der Waals surface area contributed by atoms with E-state index in [1.807, 2.05) is 12.1 Å². The summed E-state index contributed by atoms with van der Waals surface area (Å²) in [6.07, 6.45) is 0.